The first-order valence-corrected chi connectivity index (χ1v) is 12.2. The zero-order valence-corrected chi connectivity index (χ0v) is 26.6. The quantitative estimate of drug-likeness (QED) is 0.0555. The second kappa shape index (κ2) is 28.0. The van der Waals surface area contributed by atoms with Crippen molar-refractivity contribution in [3.05, 3.63) is 0 Å². The number of phosphoric acid groups is 1. The van der Waals surface area contributed by atoms with Gasteiger partial charge in [-0.05, 0) is 77.5 Å². The molecule has 0 saturated carbocycles. The topological polar surface area (TPSA) is 125 Å². The van der Waals surface area contributed by atoms with Crippen molar-refractivity contribution in [3.63, 3.8) is 0 Å². The van der Waals surface area contributed by atoms with Gasteiger partial charge in [0.15, 0.2) is 6.10 Å². The predicted molar refractivity (Wildman–Crippen MR) is 128 cm³/mol. The number of terminal acetylenes is 1. The van der Waals surface area contributed by atoms with Crippen LogP contribution in [0.3, 0.4) is 0 Å². The smallest absolute Gasteiger partial charge is 0.790 e. The normalized spacial score (nSPS) is 9.00. The van der Waals surface area contributed by atoms with Gasteiger partial charge in [0.2, 0.25) is 0 Å². The van der Waals surface area contributed by atoms with Gasteiger partial charge in [-0.3, -0.25) is 4.79 Å². The van der Waals surface area contributed by atoms with E-state index in [0.29, 0.717) is 6.42 Å². The Morgan fingerprint density at radius 1 is 0.789 bits per heavy atom. The molecule has 0 unspecified atom stereocenters. The summed E-state index contributed by atoms with van der Waals surface area (Å²) in [5.74, 6) is 28.3. The number of unbranched alkanes of at least 4 members (excludes halogenated alkanes) is 5. The summed E-state index contributed by atoms with van der Waals surface area (Å²) in [6.45, 7) is 0.746. The van der Waals surface area contributed by atoms with Crippen LogP contribution in [0.25, 0.3) is 0 Å². The van der Waals surface area contributed by atoms with Crippen molar-refractivity contribution in [2.45, 2.75) is 58.0 Å². The Labute approximate surface area is 269 Å². The fourth-order valence-corrected chi connectivity index (χ4v) is 2.54. The van der Waals surface area contributed by atoms with E-state index in [2.05, 4.69) is 88.4 Å². The van der Waals surface area contributed by atoms with Crippen LogP contribution in [0.5, 0.6) is 0 Å². The van der Waals surface area contributed by atoms with E-state index in [1.54, 1.807) is 0 Å². The summed E-state index contributed by atoms with van der Waals surface area (Å²) in [6, 6.07) is 0. The molecule has 186 valence electrons. The summed E-state index contributed by atoms with van der Waals surface area (Å²) in [5.41, 5.74) is 0. The summed E-state index contributed by atoms with van der Waals surface area (Å²) in [7, 11) is -5.31. The fourth-order valence-electron chi connectivity index (χ4n) is 2.19. The molecule has 0 amide bonds. The van der Waals surface area contributed by atoms with Gasteiger partial charge in [0, 0.05) is 12.3 Å². The molecule has 38 heavy (non-hydrogen) atoms. The van der Waals surface area contributed by atoms with Crippen molar-refractivity contribution in [1.82, 2.24) is 0 Å². The van der Waals surface area contributed by atoms with Crippen LogP contribution < -0.4 is 68.9 Å². The number of carbonyl (C=O) groups excluding carboxylic acids is 2. The third-order valence-corrected chi connectivity index (χ3v) is 4.18. The molecule has 0 spiro atoms. The van der Waals surface area contributed by atoms with Crippen LogP contribution >= 0.6 is 7.82 Å². The van der Waals surface area contributed by atoms with Crippen molar-refractivity contribution in [3.8, 4) is 83.4 Å². The second-order valence-corrected chi connectivity index (χ2v) is 7.77. The van der Waals surface area contributed by atoms with E-state index in [1.807, 2.05) is 0 Å². The van der Waals surface area contributed by atoms with Gasteiger partial charge in [0.1, 0.15) is 6.61 Å². The standard InChI is InChI=1S/C27H25O8P.2Na/c1-3-5-7-9-11-12-13-14-15-16-18-19-21-26(28)33-23-25(24-34-36(30,31)32)35-27(29)22-20-17-10-8-6-4-2;;/h1,25H,4,6,8,10,17,20,22-24H2,2H3,(H2,30,31,32);;/q;2*+1/p-2/t25-;;/m1../s1. The summed E-state index contributed by atoms with van der Waals surface area (Å²) >= 11 is 0. The summed E-state index contributed by atoms with van der Waals surface area (Å²) in [6.07, 6.45) is 9.42. The molecule has 0 saturated heterocycles. The molecule has 0 bridgehead atoms. The van der Waals surface area contributed by atoms with Crippen LogP contribution in [0.4, 0.5) is 0 Å². The third kappa shape index (κ3) is 30.2. The maximum Gasteiger partial charge on any atom is 1.00 e. The number of rotatable bonds is 13. The van der Waals surface area contributed by atoms with Gasteiger partial charge >= 0.3 is 71.1 Å². The zero-order chi connectivity index (χ0) is 26.9. The van der Waals surface area contributed by atoms with Crippen LogP contribution in [-0.4, -0.2) is 31.3 Å². The molecule has 0 heterocycles. The van der Waals surface area contributed by atoms with Crippen molar-refractivity contribution < 1.29 is 97.1 Å². The Bertz CT molecular complexity index is 1210. The molecule has 0 rings (SSSR count). The van der Waals surface area contributed by atoms with Gasteiger partial charge < -0.3 is 28.3 Å². The Kier molecular flexibility index (Phi) is 29.8. The number of ether oxygens (including phenoxy) is 2. The average molecular weight is 552 g/mol. The van der Waals surface area contributed by atoms with Crippen molar-refractivity contribution in [2.75, 3.05) is 13.2 Å². The largest absolute Gasteiger partial charge is 1.00 e. The molecule has 0 fully saturated rings. The molecular formula is C27H23Na2O8P. The van der Waals surface area contributed by atoms with E-state index in [0.717, 1.165) is 32.1 Å². The average Bonchev–Trinajstić information content (AvgIpc) is 2.83. The van der Waals surface area contributed by atoms with Crippen LogP contribution in [0.15, 0.2) is 0 Å². The fraction of sp³-hybridized carbons (Fsp3) is 0.407. The molecule has 0 aliphatic carbocycles. The van der Waals surface area contributed by atoms with Crippen LogP contribution in [0.2, 0.25) is 0 Å². The molecule has 0 radical (unpaired) electrons. The van der Waals surface area contributed by atoms with E-state index in [-0.39, 0.29) is 65.5 Å². The number of esters is 2. The zero-order valence-electron chi connectivity index (χ0n) is 21.7. The number of phosphoric ester groups is 1. The first kappa shape index (κ1) is 40.5. The van der Waals surface area contributed by atoms with Gasteiger partial charge in [0.05, 0.1) is 14.4 Å². The van der Waals surface area contributed by atoms with E-state index in [1.165, 1.54) is 0 Å². The molecule has 0 aromatic rings. The summed E-state index contributed by atoms with van der Waals surface area (Å²) in [5, 5.41) is 0. The molecule has 0 aliphatic rings. The van der Waals surface area contributed by atoms with E-state index in [4.69, 9.17) is 15.9 Å². The van der Waals surface area contributed by atoms with Crippen LogP contribution in [0.1, 0.15) is 51.9 Å². The Morgan fingerprint density at radius 2 is 1.29 bits per heavy atom. The third-order valence-electron chi connectivity index (χ3n) is 3.71. The molecule has 0 aromatic heterocycles. The van der Waals surface area contributed by atoms with Gasteiger partial charge in [-0.25, -0.2) is 4.79 Å². The first-order chi connectivity index (χ1) is 17.3. The Balaban J connectivity index is -0.00000612. The monoisotopic (exact) mass is 552 g/mol. The maximum atomic E-state index is 12.0. The number of hydrogen-bond acceptors (Lipinski definition) is 8. The van der Waals surface area contributed by atoms with Crippen molar-refractivity contribution in [2.24, 2.45) is 0 Å². The number of carbonyl (C=O) groups is 2. The van der Waals surface area contributed by atoms with E-state index < -0.39 is 39.1 Å². The van der Waals surface area contributed by atoms with Crippen molar-refractivity contribution in [1.29, 1.82) is 0 Å². The van der Waals surface area contributed by atoms with Gasteiger partial charge in [-0.15, -0.1) is 6.42 Å². The molecule has 0 aromatic carbocycles. The van der Waals surface area contributed by atoms with Gasteiger partial charge in [-0.1, -0.05) is 39.0 Å². The minimum absolute atomic E-state index is 0. The van der Waals surface area contributed by atoms with Gasteiger partial charge in [-0.2, -0.15) is 0 Å². The van der Waals surface area contributed by atoms with Crippen LogP contribution in [0, 0.1) is 83.4 Å². The van der Waals surface area contributed by atoms with Gasteiger partial charge in [0.25, 0.3) is 0 Å². The molecule has 0 N–H and O–H groups in total. The molecule has 11 heteroatoms. The molecule has 1 atom stereocenters. The minimum atomic E-state index is -5.31. The summed E-state index contributed by atoms with van der Waals surface area (Å²) < 4.78 is 24.7. The molecule has 0 aliphatic heterocycles. The maximum absolute atomic E-state index is 12.0. The van der Waals surface area contributed by atoms with Crippen LogP contribution in [-0.2, 0) is 28.2 Å². The predicted octanol–water partition coefficient (Wildman–Crippen LogP) is -5.30. The SMILES string of the molecule is C#CC#CC#CC#CC#CC#CC#CC(=O)OC[C@H](COP(=O)([O-])[O-])OC(=O)CCCCCCCC.[Na+].[Na+]. The minimum Gasteiger partial charge on any atom is -0.790 e. The van der Waals surface area contributed by atoms with E-state index >= 15 is 0 Å². The Hall–Kier alpha value is -2.03. The van der Waals surface area contributed by atoms with Crippen molar-refractivity contribution >= 4 is 19.8 Å². The Morgan fingerprint density at radius 3 is 1.82 bits per heavy atom. The van der Waals surface area contributed by atoms with E-state index in [9.17, 15) is 23.9 Å². The first-order valence-electron chi connectivity index (χ1n) is 10.8. The summed E-state index contributed by atoms with van der Waals surface area (Å²) in [4.78, 5) is 45.1. The number of hydrogen-bond donors (Lipinski definition) is 0. The second-order valence-electron chi connectivity index (χ2n) is 6.62. The molecular weight excluding hydrogens is 529 g/mol. The molecule has 8 nitrogen and oxygen atoms in total.